The highest BCUT2D eigenvalue weighted by Gasteiger charge is 2.33. The summed E-state index contributed by atoms with van der Waals surface area (Å²) in [7, 11) is 0. The normalized spacial score (nSPS) is 19.8. The second-order valence-corrected chi connectivity index (χ2v) is 6.29. The van der Waals surface area contributed by atoms with Crippen LogP contribution in [0, 0.1) is 17.1 Å². The van der Waals surface area contributed by atoms with E-state index in [9.17, 15) is 19.6 Å². The highest BCUT2D eigenvalue weighted by molar-refractivity contribution is 5.65. The van der Waals surface area contributed by atoms with Gasteiger partial charge in [0.25, 0.3) is 0 Å². The second kappa shape index (κ2) is 7.98. The molecule has 134 valence electrons. The van der Waals surface area contributed by atoms with Crippen molar-refractivity contribution < 1.29 is 19.0 Å². The molecule has 0 aliphatic carbocycles. The molecule has 0 spiro atoms. The first-order chi connectivity index (χ1) is 12.6. The zero-order valence-electron chi connectivity index (χ0n) is 14.1. The molecule has 1 heterocycles. The van der Waals surface area contributed by atoms with E-state index >= 15 is 0 Å². The number of carbonyl (C=O) groups is 1. The van der Waals surface area contributed by atoms with Gasteiger partial charge in [0.2, 0.25) is 0 Å². The number of hydrogen-bond donors (Lipinski definition) is 1. The summed E-state index contributed by atoms with van der Waals surface area (Å²) < 4.78 is 19.3. The number of nitrogens with zero attached hydrogens (tertiary/aromatic N) is 2. The number of nitriles is 1. The van der Waals surface area contributed by atoms with Crippen molar-refractivity contribution in [2.45, 2.75) is 25.0 Å². The van der Waals surface area contributed by atoms with Gasteiger partial charge in [-0.15, -0.1) is 0 Å². The first-order valence-corrected chi connectivity index (χ1v) is 8.41. The van der Waals surface area contributed by atoms with E-state index in [0.717, 1.165) is 11.1 Å². The van der Waals surface area contributed by atoms with E-state index < -0.39 is 6.09 Å². The number of hydrogen-bond acceptors (Lipinski definition) is 3. The topological polar surface area (TPSA) is 73.6 Å². The lowest BCUT2D eigenvalue weighted by Crippen LogP contribution is -2.46. The Morgan fingerprint density at radius 2 is 2.00 bits per heavy atom. The molecule has 2 aromatic carbocycles. The summed E-state index contributed by atoms with van der Waals surface area (Å²) in [5.74, 6) is -0.336. The molecule has 1 N–H and O–H groups in total. The van der Waals surface area contributed by atoms with Gasteiger partial charge in [0, 0.05) is 12.5 Å². The van der Waals surface area contributed by atoms with E-state index in [2.05, 4.69) is 6.07 Å². The Labute approximate surface area is 151 Å². The predicted octanol–water partition coefficient (Wildman–Crippen LogP) is 3.75. The monoisotopic (exact) mass is 354 g/mol. The zero-order valence-corrected chi connectivity index (χ0v) is 14.1. The maximum atomic E-state index is 13.2. The molecule has 1 aliphatic rings. The summed E-state index contributed by atoms with van der Waals surface area (Å²) in [6.07, 6.45) is -0.742. The van der Waals surface area contributed by atoms with Gasteiger partial charge in [0.15, 0.2) is 0 Å². The summed E-state index contributed by atoms with van der Waals surface area (Å²) in [6.45, 7) is 0.873. The number of amides is 1. The van der Waals surface area contributed by atoms with Crippen molar-refractivity contribution in [2.24, 2.45) is 0 Å². The molecule has 2 aromatic rings. The molecule has 1 amide bonds. The quantitative estimate of drug-likeness (QED) is 0.907. The van der Waals surface area contributed by atoms with E-state index in [1.165, 1.54) is 17.0 Å². The third kappa shape index (κ3) is 4.01. The zero-order chi connectivity index (χ0) is 18.5. The lowest BCUT2D eigenvalue weighted by atomic mass is 9.87. The van der Waals surface area contributed by atoms with Crippen LogP contribution in [0.15, 0.2) is 48.5 Å². The summed E-state index contributed by atoms with van der Waals surface area (Å²) in [6, 6.07) is 15.5. The molecule has 2 unspecified atom stereocenters. The van der Waals surface area contributed by atoms with Crippen LogP contribution in [0.5, 0.6) is 0 Å². The molecule has 0 radical (unpaired) electrons. The number of halogens is 1. The maximum absolute atomic E-state index is 13.2. The van der Waals surface area contributed by atoms with Crippen LogP contribution in [-0.2, 0) is 11.3 Å². The first-order valence-electron chi connectivity index (χ1n) is 8.41. The molecule has 1 aliphatic heterocycles. The van der Waals surface area contributed by atoms with E-state index in [0.29, 0.717) is 18.5 Å². The van der Waals surface area contributed by atoms with Crippen LogP contribution >= 0.6 is 0 Å². The third-order valence-electron chi connectivity index (χ3n) is 4.72. The van der Waals surface area contributed by atoms with Crippen molar-refractivity contribution >= 4 is 6.09 Å². The van der Waals surface area contributed by atoms with E-state index in [1.54, 1.807) is 24.3 Å². The van der Waals surface area contributed by atoms with Crippen LogP contribution in [0.2, 0.25) is 0 Å². The number of benzene rings is 2. The Hall–Kier alpha value is -2.91. The molecule has 2 atom stereocenters. The van der Waals surface area contributed by atoms with Crippen molar-refractivity contribution in [1.82, 2.24) is 4.90 Å². The Morgan fingerprint density at radius 3 is 2.69 bits per heavy atom. The maximum Gasteiger partial charge on any atom is 0.407 e. The fraction of sp³-hybridized carbons (Fsp3) is 0.300. The smallest absolute Gasteiger partial charge is 0.407 e. The van der Waals surface area contributed by atoms with Gasteiger partial charge < -0.3 is 14.7 Å². The fourth-order valence-electron chi connectivity index (χ4n) is 3.30. The Kier molecular flexibility index (Phi) is 5.49. The molecule has 1 fully saturated rings. The molecule has 5 nitrogen and oxygen atoms in total. The predicted molar refractivity (Wildman–Crippen MR) is 93.1 cm³/mol. The van der Waals surface area contributed by atoms with Crippen molar-refractivity contribution in [3.8, 4) is 6.07 Å². The minimum atomic E-state index is -0.978. The number of piperidine rings is 1. The van der Waals surface area contributed by atoms with Crippen molar-refractivity contribution in [3.63, 3.8) is 0 Å². The molecule has 0 bridgehead atoms. The summed E-state index contributed by atoms with van der Waals surface area (Å²) in [5, 5.41) is 18.5. The van der Waals surface area contributed by atoms with Crippen LogP contribution in [0.25, 0.3) is 0 Å². The number of rotatable bonds is 4. The van der Waals surface area contributed by atoms with Crippen molar-refractivity contribution in [2.75, 3.05) is 13.1 Å². The number of likely N-dealkylation sites (tertiary alicyclic amines) is 1. The molecule has 26 heavy (non-hydrogen) atoms. The van der Waals surface area contributed by atoms with Gasteiger partial charge in [-0.05, 0) is 35.7 Å². The second-order valence-electron chi connectivity index (χ2n) is 6.29. The lowest BCUT2D eigenvalue weighted by molar-refractivity contribution is -0.0200. The highest BCUT2D eigenvalue weighted by Crippen LogP contribution is 2.31. The standard InChI is InChI=1S/C20H19FN2O3/c21-17-7-5-14(6-8-17)18-9-10-23(20(24)25)12-19(18)26-13-16-4-2-1-3-15(16)11-22/h1-8,18-19H,9-10,12-13H2,(H,24,25). The Balaban J connectivity index is 1.79. The first kappa shape index (κ1) is 17.9. The molecular formula is C20H19FN2O3. The van der Waals surface area contributed by atoms with Gasteiger partial charge in [-0.25, -0.2) is 9.18 Å². The average molecular weight is 354 g/mol. The van der Waals surface area contributed by atoms with Crippen LogP contribution < -0.4 is 0 Å². The Morgan fingerprint density at radius 1 is 1.27 bits per heavy atom. The number of ether oxygens (including phenoxy) is 1. The fourth-order valence-corrected chi connectivity index (χ4v) is 3.30. The van der Waals surface area contributed by atoms with Crippen LogP contribution in [0.4, 0.5) is 9.18 Å². The van der Waals surface area contributed by atoms with Gasteiger partial charge in [0.05, 0.1) is 30.9 Å². The van der Waals surface area contributed by atoms with Gasteiger partial charge in [-0.3, -0.25) is 0 Å². The molecule has 3 rings (SSSR count). The van der Waals surface area contributed by atoms with Gasteiger partial charge >= 0.3 is 6.09 Å². The SMILES string of the molecule is N#Cc1ccccc1COC1CN(C(=O)O)CCC1c1ccc(F)cc1. The molecule has 0 saturated carbocycles. The van der Waals surface area contributed by atoms with Crippen molar-refractivity contribution in [3.05, 3.63) is 71.0 Å². The summed E-state index contributed by atoms with van der Waals surface area (Å²) in [5.41, 5.74) is 2.23. The largest absolute Gasteiger partial charge is 0.465 e. The lowest BCUT2D eigenvalue weighted by Gasteiger charge is -2.37. The molecule has 1 saturated heterocycles. The van der Waals surface area contributed by atoms with E-state index in [1.807, 2.05) is 12.1 Å². The minimum absolute atomic E-state index is 0.0274. The van der Waals surface area contributed by atoms with Gasteiger partial charge in [-0.2, -0.15) is 5.26 Å². The van der Waals surface area contributed by atoms with Crippen LogP contribution in [-0.4, -0.2) is 35.3 Å². The molecular weight excluding hydrogens is 335 g/mol. The van der Waals surface area contributed by atoms with Gasteiger partial charge in [0.1, 0.15) is 5.82 Å². The Bertz CT molecular complexity index is 817. The third-order valence-corrected chi connectivity index (χ3v) is 4.72. The molecule has 6 heteroatoms. The highest BCUT2D eigenvalue weighted by atomic mass is 19.1. The van der Waals surface area contributed by atoms with E-state index in [4.69, 9.17) is 4.74 Å². The van der Waals surface area contributed by atoms with Crippen LogP contribution in [0.1, 0.15) is 29.0 Å². The van der Waals surface area contributed by atoms with E-state index in [-0.39, 0.29) is 31.0 Å². The van der Waals surface area contributed by atoms with Crippen molar-refractivity contribution in [1.29, 1.82) is 5.26 Å². The minimum Gasteiger partial charge on any atom is -0.465 e. The summed E-state index contributed by atoms with van der Waals surface area (Å²) >= 11 is 0. The average Bonchev–Trinajstić information content (AvgIpc) is 2.67. The number of carboxylic acid groups (broad SMARTS) is 1. The van der Waals surface area contributed by atoms with Crippen LogP contribution in [0.3, 0.4) is 0 Å². The van der Waals surface area contributed by atoms with Gasteiger partial charge in [-0.1, -0.05) is 30.3 Å². The summed E-state index contributed by atoms with van der Waals surface area (Å²) in [4.78, 5) is 12.7. The molecule has 0 aromatic heterocycles.